The van der Waals surface area contributed by atoms with Crippen LogP contribution < -0.4 is 5.56 Å². The standard InChI is InChI=1S/C13H10N2O2.C2H4O2/c16-8-10-7-14-12-11-4-2-1-3-9(11)5-6-15(12)13(10)17;1-2(3)4/h1-7,16H,8H2;1H3,(H,3,4). The third kappa shape index (κ3) is 3.06. The number of carboxylic acid groups (broad SMARTS) is 1. The van der Waals surface area contributed by atoms with Crippen LogP contribution in [0.15, 0.2) is 47.5 Å². The van der Waals surface area contributed by atoms with Crippen LogP contribution >= 0.6 is 0 Å². The number of carbonyl (C=O) groups is 1. The SMILES string of the molecule is CC(=O)O.O=c1c(CO)cnc2c3ccccc3ccn12. The number of benzene rings is 1. The number of pyridine rings is 1. The molecular formula is C15H14N2O4. The summed E-state index contributed by atoms with van der Waals surface area (Å²) in [6, 6.07) is 9.62. The molecule has 0 unspecified atom stereocenters. The van der Waals surface area contributed by atoms with Gasteiger partial charge in [-0.1, -0.05) is 24.3 Å². The molecule has 3 aromatic rings. The Morgan fingerprint density at radius 1 is 1.29 bits per heavy atom. The fourth-order valence-electron chi connectivity index (χ4n) is 1.95. The number of hydrogen-bond donors (Lipinski definition) is 2. The van der Waals surface area contributed by atoms with E-state index in [0.717, 1.165) is 17.7 Å². The number of aromatic nitrogens is 2. The molecule has 1 aromatic carbocycles. The molecule has 0 fully saturated rings. The minimum atomic E-state index is -0.833. The van der Waals surface area contributed by atoms with Crippen molar-refractivity contribution in [1.29, 1.82) is 0 Å². The van der Waals surface area contributed by atoms with Crippen LogP contribution in [0.1, 0.15) is 12.5 Å². The number of nitrogens with zero attached hydrogens (tertiary/aromatic N) is 2. The quantitative estimate of drug-likeness (QED) is 0.660. The van der Waals surface area contributed by atoms with Crippen LogP contribution in [0.2, 0.25) is 0 Å². The zero-order valence-electron chi connectivity index (χ0n) is 11.4. The van der Waals surface area contributed by atoms with Gasteiger partial charge in [0.2, 0.25) is 0 Å². The summed E-state index contributed by atoms with van der Waals surface area (Å²) in [4.78, 5) is 25.2. The molecule has 2 heterocycles. The first-order chi connectivity index (χ1) is 10.0. The van der Waals surface area contributed by atoms with Gasteiger partial charge in [0, 0.05) is 24.7 Å². The van der Waals surface area contributed by atoms with Gasteiger partial charge in [-0.15, -0.1) is 0 Å². The molecule has 0 saturated carbocycles. The van der Waals surface area contributed by atoms with Gasteiger partial charge in [0.1, 0.15) is 5.65 Å². The largest absolute Gasteiger partial charge is 0.481 e. The van der Waals surface area contributed by atoms with Gasteiger partial charge in [-0.25, -0.2) is 4.98 Å². The van der Waals surface area contributed by atoms with Crippen LogP contribution in [0.4, 0.5) is 0 Å². The molecule has 0 bridgehead atoms. The second-order valence-electron chi connectivity index (χ2n) is 4.36. The summed E-state index contributed by atoms with van der Waals surface area (Å²) in [5.41, 5.74) is 0.700. The Kier molecular flexibility index (Phi) is 4.30. The van der Waals surface area contributed by atoms with Crippen molar-refractivity contribution in [2.75, 3.05) is 0 Å². The molecule has 21 heavy (non-hydrogen) atoms. The molecule has 0 aliphatic rings. The van der Waals surface area contributed by atoms with Crippen LogP contribution in [-0.2, 0) is 11.4 Å². The number of fused-ring (bicyclic) bond motifs is 3. The summed E-state index contributed by atoms with van der Waals surface area (Å²) >= 11 is 0. The number of carboxylic acids is 1. The van der Waals surface area contributed by atoms with E-state index in [1.54, 1.807) is 6.20 Å². The normalized spacial score (nSPS) is 10.2. The Morgan fingerprint density at radius 3 is 2.62 bits per heavy atom. The number of aliphatic carboxylic acids is 1. The van der Waals surface area contributed by atoms with Gasteiger partial charge in [0.15, 0.2) is 0 Å². The number of aliphatic hydroxyl groups excluding tert-OH is 1. The molecule has 0 aliphatic heterocycles. The first kappa shape index (κ1) is 14.7. The van der Waals surface area contributed by atoms with Gasteiger partial charge in [0.25, 0.3) is 11.5 Å². The van der Waals surface area contributed by atoms with Crippen LogP contribution in [0.3, 0.4) is 0 Å². The van der Waals surface area contributed by atoms with Crippen molar-refractivity contribution in [2.45, 2.75) is 13.5 Å². The van der Waals surface area contributed by atoms with Gasteiger partial charge >= 0.3 is 0 Å². The van der Waals surface area contributed by atoms with E-state index in [-0.39, 0.29) is 12.2 Å². The van der Waals surface area contributed by atoms with Gasteiger partial charge in [0.05, 0.1) is 12.2 Å². The summed E-state index contributed by atoms with van der Waals surface area (Å²) in [5.74, 6) is -0.833. The van der Waals surface area contributed by atoms with Crippen LogP contribution in [0.25, 0.3) is 16.4 Å². The third-order valence-electron chi connectivity index (χ3n) is 2.84. The van der Waals surface area contributed by atoms with E-state index >= 15 is 0 Å². The minimum Gasteiger partial charge on any atom is -0.481 e. The Labute approximate surface area is 119 Å². The average molecular weight is 286 g/mol. The molecule has 2 aromatic heterocycles. The molecule has 0 aliphatic carbocycles. The molecule has 3 rings (SSSR count). The molecule has 0 radical (unpaired) electrons. The van der Waals surface area contributed by atoms with E-state index in [1.807, 2.05) is 30.3 Å². The maximum absolute atomic E-state index is 12.0. The van der Waals surface area contributed by atoms with Crippen LogP contribution in [0.5, 0.6) is 0 Å². The summed E-state index contributed by atoms with van der Waals surface area (Å²) in [7, 11) is 0. The fourth-order valence-corrected chi connectivity index (χ4v) is 1.95. The zero-order chi connectivity index (χ0) is 15.4. The number of hydrogen-bond acceptors (Lipinski definition) is 4. The predicted octanol–water partition coefficient (Wildman–Crippen LogP) is 1.43. The average Bonchev–Trinajstić information content (AvgIpc) is 2.47. The zero-order valence-corrected chi connectivity index (χ0v) is 11.4. The van der Waals surface area contributed by atoms with E-state index in [9.17, 15) is 4.79 Å². The summed E-state index contributed by atoms with van der Waals surface area (Å²) in [5, 5.41) is 18.4. The second kappa shape index (κ2) is 6.15. The molecule has 0 amide bonds. The minimum absolute atomic E-state index is 0.219. The van der Waals surface area contributed by atoms with E-state index in [2.05, 4.69) is 4.98 Å². The summed E-state index contributed by atoms with van der Waals surface area (Å²) in [6.07, 6.45) is 3.12. The molecule has 0 spiro atoms. The first-order valence-corrected chi connectivity index (χ1v) is 6.23. The van der Waals surface area contributed by atoms with Gasteiger partial charge in [-0.05, 0) is 11.5 Å². The highest BCUT2D eigenvalue weighted by molar-refractivity contribution is 5.93. The van der Waals surface area contributed by atoms with Gasteiger partial charge in [-0.3, -0.25) is 14.0 Å². The molecule has 0 atom stereocenters. The second-order valence-corrected chi connectivity index (χ2v) is 4.36. The fraction of sp³-hybridized carbons (Fsp3) is 0.133. The highest BCUT2D eigenvalue weighted by atomic mass is 16.4. The van der Waals surface area contributed by atoms with Crippen molar-refractivity contribution >= 4 is 22.4 Å². The maximum Gasteiger partial charge on any atom is 0.300 e. The van der Waals surface area contributed by atoms with Crippen molar-refractivity contribution < 1.29 is 15.0 Å². The Balaban J connectivity index is 0.000000361. The Hall–Kier alpha value is -2.73. The molecule has 2 N–H and O–H groups in total. The Morgan fingerprint density at radius 2 is 1.95 bits per heavy atom. The predicted molar refractivity (Wildman–Crippen MR) is 78.2 cm³/mol. The van der Waals surface area contributed by atoms with E-state index < -0.39 is 5.97 Å². The first-order valence-electron chi connectivity index (χ1n) is 6.23. The van der Waals surface area contributed by atoms with Crippen molar-refractivity contribution in [3.8, 4) is 0 Å². The van der Waals surface area contributed by atoms with E-state index in [1.165, 1.54) is 10.6 Å². The lowest BCUT2D eigenvalue weighted by Gasteiger charge is -2.05. The lowest BCUT2D eigenvalue weighted by atomic mass is 10.1. The van der Waals surface area contributed by atoms with E-state index in [4.69, 9.17) is 15.0 Å². The topological polar surface area (TPSA) is 91.9 Å². The van der Waals surface area contributed by atoms with E-state index in [0.29, 0.717) is 11.2 Å². The third-order valence-corrected chi connectivity index (χ3v) is 2.84. The van der Waals surface area contributed by atoms with Crippen LogP contribution in [0, 0.1) is 0 Å². The highest BCUT2D eigenvalue weighted by Crippen LogP contribution is 2.16. The van der Waals surface area contributed by atoms with Crippen molar-refractivity contribution in [2.24, 2.45) is 0 Å². The smallest absolute Gasteiger partial charge is 0.300 e. The molecule has 6 nitrogen and oxygen atoms in total. The highest BCUT2D eigenvalue weighted by Gasteiger charge is 2.06. The van der Waals surface area contributed by atoms with Crippen molar-refractivity contribution in [3.63, 3.8) is 0 Å². The monoisotopic (exact) mass is 286 g/mol. The maximum atomic E-state index is 12.0. The molecule has 108 valence electrons. The van der Waals surface area contributed by atoms with Crippen molar-refractivity contribution in [1.82, 2.24) is 9.38 Å². The number of rotatable bonds is 1. The summed E-state index contributed by atoms with van der Waals surface area (Å²) < 4.78 is 1.47. The van der Waals surface area contributed by atoms with Gasteiger partial charge in [-0.2, -0.15) is 0 Å². The lowest BCUT2D eigenvalue weighted by Crippen LogP contribution is -2.19. The lowest BCUT2D eigenvalue weighted by molar-refractivity contribution is -0.134. The Bertz CT molecular complexity index is 851. The van der Waals surface area contributed by atoms with Crippen LogP contribution in [-0.4, -0.2) is 25.6 Å². The summed E-state index contributed by atoms with van der Waals surface area (Å²) in [6.45, 7) is 0.793. The molecular weight excluding hydrogens is 272 g/mol. The van der Waals surface area contributed by atoms with Gasteiger partial charge < -0.3 is 10.2 Å². The molecule has 6 heteroatoms. The van der Waals surface area contributed by atoms with Crippen molar-refractivity contribution in [3.05, 3.63) is 58.6 Å². The molecule has 0 saturated heterocycles. The number of aliphatic hydroxyl groups is 1.